The molecule has 0 radical (unpaired) electrons. The van der Waals surface area contributed by atoms with Gasteiger partial charge in [0, 0.05) is 42.5 Å². The molecule has 3 rings (SSSR count). The van der Waals surface area contributed by atoms with Gasteiger partial charge in [-0.25, -0.2) is 0 Å². The maximum absolute atomic E-state index is 12.6. The molecule has 0 aliphatic heterocycles. The summed E-state index contributed by atoms with van der Waals surface area (Å²) < 4.78 is 0. The van der Waals surface area contributed by atoms with Crippen LogP contribution in [0.5, 0.6) is 0 Å². The van der Waals surface area contributed by atoms with Crippen LogP contribution in [0.4, 0.5) is 0 Å². The molecular weight excluding hydrogens is 290 g/mol. The third kappa shape index (κ3) is 3.13. The van der Waals surface area contributed by atoms with Crippen LogP contribution in [0.2, 0.25) is 0 Å². The predicted molar refractivity (Wildman–Crippen MR) is 89.2 cm³/mol. The third-order valence-corrected chi connectivity index (χ3v) is 3.77. The van der Waals surface area contributed by atoms with Crippen molar-refractivity contribution in [2.24, 2.45) is 0 Å². The number of rotatable bonds is 4. The second kappa shape index (κ2) is 6.44. The van der Waals surface area contributed by atoms with Crippen molar-refractivity contribution in [3.05, 3.63) is 76.3 Å². The molecule has 2 aromatic heterocycles. The maximum Gasteiger partial charge on any atom is 0.255 e. The summed E-state index contributed by atoms with van der Waals surface area (Å²) in [5, 5.41) is 0.949. The number of aromatic amines is 1. The summed E-state index contributed by atoms with van der Waals surface area (Å²) >= 11 is 0. The van der Waals surface area contributed by atoms with Gasteiger partial charge in [0.15, 0.2) is 0 Å². The van der Waals surface area contributed by atoms with Crippen molar-refractivity contribution in [2.45, 2.75) is 13.5 Å². The van der Waals surface area contributed by atoms with Crippen LogP contribution in [0.1, 0.15) is 22.8 Å². The molecule has 0 unspecified atom stereocenters. The lowest BCUT2D eigenvalue weighted by Crippen LogP contribution is -2.31. The molecule has 0 saturated carbocycles. The second-order valence-corrected chi connectivity index (χ2v) is 5.27. The number of fused-ring (bicyclic) bond motifs is 1. The number of amides is 1. The maximum atomic E-state index is 12.6. The number of carbonyl (C=O) groups is 1. The highest BCUT2D eigenvalue weighted by molar-refractivity contribution is 5.94. The van der Waals surface area contributed by atoms with Crippen molar-refractivity contribution in [3.63, 3.8) is 0 Å². The fourth-order valence-corrected chi connectivity index (χ4v) is 2.61. The van der Waals surface area contributed by atoms with E-state index in [4.69, 9.17) is 0 Å². The Hall–Kier alpha value is -2.95. The summed E-state index contributed by atoms with van der Waals surface area (Å²) in [6, 6.07) is 12.6. The number of hydrogen-bond donors (Lipinski definition) is 1. The van der Waals surface area contributed by atoms with Crippen molar-refractivity contribution in [1.29, 1.82) is 0 Å². The van der Waals surface area contributed by atoms with Crippen LogP contribution in [0.25, 0.3) is 10.9 Å². The van der Waals surface area contributed by atoms with E-state index in [1.165, 1.54) is 0 Å². The Morgan fingerprint density at radius 2 is 2.04 bits per heavy atom. The molecule has 3 aromatic rings. The zero-order chi connectivity index (χ0) is 16.2. The van der Waals surface area contributed by atoms with E-state index in [9.17, 15) is 9.59 Å². The average Bonchev–Trinajstić information content (AvgIpc) is 2.59. The van der Waals surface area contributed by atoms with Crippen LogP contribution in [0.15, 0.2) is 59.7 Å². The summed E-state index contributed by atoms with van der Waals surface area (Å²) in [5.41, 5.74) is 2.00. The second-order valence-electron chi connectivity index (χ2n) is 5.27. The molecule has 5 nitrogen and oxygen atoms in total. The minimum atomic E-state index is -0.163. The minimum Gasteiger partial charge on any atom is -0.335 e. The van der Waals surface area contributed by atoms with Gasteiger partial charge < -0.3 is 9.88 Å². The van der Waals surface area contributed by atoms with Gasteiger partial charge in [-0.05, 0) is 30.7 Å². The van der Waals surface area contributed by atoms with E-state index in [1.54, 1.807) is 35.5 Å². The molecule has 0 aliphatic carbocycles. The Bertz CT molecular complexity index is 887. The van der Waals surface area contributed by atoms with Crippen LogP contribution < -0.4 is 5.56 Å². The molecule has 116 valence electrons. The van der Waals surface area contributed by atoms with Gasteiger partial charge in [0.05, 0.1) is 5.56 Å². The number of nitrogens with one attached hydrogen (secondary N) is 1. The molecule has 1 aromatic carbocycles. The van der Waals surface area contributed by atoms with E-state index in [0.717, 1.165) is 16.5 Å². The Labute approximate surface area is 133 Å². The number of pyridine rings is 2. The van der Waals surface area contributed by atoms with Gasteiger partial charge in [-0.15, -0.1) is 0 Å². The van der Waals surface area contributed by atoms with E-state index in [2.05, 4.69) is 9.97 Å². The molecule has 0 spiro atoms. The molecule has 1 N–H and O–H groups in total. The zero-order valence-electron chi connectivity index (χ0n) is 12.8. The van der Waals surface area contributed by atoms with Gasteiger partial charge in [-0.2, -0.15) is 0 Å². The quantitative estimate of drug-likeness (QED) is 0.805. The largest absolute Gasteiger partial charge is 0.335 e. The number of H-pyrrole nitrogens is 1. The molecule has 1 amide bonds. The van der Waals surface area contributed by atoms with Crippen molar-refractivity contribution in [2.75, 3.05) is 6.54 Å². The first kappa shape index (κ1) is 15.0. The monoisotopic (exact) mass is 307 g/mol. The van der Waals surface area contributed by atoms with Crippen LogP contribution in [0, 0.1) is 0 Å². The Kier molecular flexibility index (Phi) is 4.19. The third-order valence-electron chi connectivity index (χ3n) is 3.77. The number of aromatic nitrogens is 2. The molecule has 5 heteroatoms. The zero-order valence-corrected chi connectivity index (χ0v) is 12.8. The molecule has 0 atom stereocenters. The van der Waals surface area contributed by atoms with Gasteiger partial charge in [-0.3, -0.25) is 14.6 Å². The standard InChI is InChI=1S/C18H17N3O2/c1-2-21(18(23)13-6-5-9-19-11-13)12-14-10-17(22)20-16-8-4-3-7-15(14)16/h3-11H,2,12H2,1H3,(H,20,22). The van der Waals surface area contributed by atoms with Crippen LogP contribution >= 0.6 is 0 Å². The first-order chi connectivity index (χ1) is 11.2. The predicted octanol–water partition coefficient (Wildman–Crippen LogP) is 2.59. The number of benzene rings is 1. The molecular formula is C18H17N3O2. The van der Waals surface area contributed by atoms with Gasteiger partial charge >= 0.3 is 0 Å². The van der Waals surface area contributed by atoms with Crippen LogP contribution in [0.3, 0.4) is 0 Å². The Morgan fingerprint density at radius 1 is 1.22 bits per heavy atom. The molecule has 2 heterocycles. The lowest BCUT2D eigenvalue weighted by molar-refractivity contribution is 0.0753. The normalized spacial score (nSPS) is 10.7. The van der Waals surface area contributed by atoms with E-state index in [0.29, 0.717) is 18.7 Å². The SMILES string of the molecule is CCN(Cc1cc(=O)[nH]c2ccccc12)C(=O)c1cccnc1. The number of nitrogens with zero attached hydrogens (tertiary/aromatic N) is 2. The van der Waals surface area contributed by atoms with Crippen molar-refractivity contribution in [3.8, 4) is 0 Å². The average molecular weight is 307 g/mol. The van der Waals surface area contributed by atoms with Crippen molar-refractivity contribution in [1.82, 2.24) is 14.9 Å². The molecule has 0 fully saturated rings. The Balaban J connectivity index is 1.96. The highest BCUT2D eigenvalue weighted by atomic mass is 16.2. The molecule has 23 heavy (non-hydrogen) atoms. The van der Waals surface area contributed by atoms with Crippen molar-refractivity contribution < 1.29 is 4.79 Å². The van der Waals surface area contributed by atoms with E-state index in [1.807, 2.05) is 31.2 Å². The lowest BCUT2D eigenvalue weighted by atomic mass is 10.1. The van der Waals surface area contributed by atoms with Gasteiger partial charge in [0.1, 0.15) is 0 Å². The fourth-order valence-electron chi connectivity index (χ4n) is 2.61. The first-order valence-electron chi connectivity index (χ1n) is 7.49. The highest BCUT2D eigenvalue weighted by Gasteiger charge is 2.16. The summed E-state index contributed by atoms with van der Waals surface area (Å²) in [5.74, 6) is -0.0926. The topological polar surface area (TPSA) is 66.1 Å². The fraction of sp³-hybridized carbons (Fsp3) is 0.167. The molecule has 0 bridgehead atoms. The van der Waals surface area contributed by atoms with E-state index < -0.39 is 0 Å². The number of para-hydroxylation sites is 1. The summed E-state index contributed by atoms with van der Waals surface area (Å²) in [6.45, 7) is 2.85. The minimum absolute atomic E-state index is 0.0926. The smallest absolute Gasteiger partial charge is 0.255 e. The summed E-state index contributed by atoms with van der Waals surface area (Å²) in [4.78, 5) is 33.0. The van der Waals surface area contributed by atoms with E-state index in [-0.39, 0.29) is 11.5 Å². The summed E-state index contributed by atoms with van der Waals surface area (Å²) in [6.07, 6.45) is 3.19. The number of hydrogen-bond acceptors (Lipinski definition) is 3. The Morgan fingerprint density at radius 3 is 2.78 bits per heavy atom. The van der Waals surface area contributed by atoms with Gasteiger partial charge in [0.2, 0.25) is 5.56 Å². The lowest BCUT2D eigenvalue weighted by Gasteiger charge is -2.21. The van der Waals surface area contributed by atoms with Gasteiger partial charge in [0.25, 0.3) is 5.91 Å². The molecule has 0 aliphatic rings. The highest BCUT2D eigenvalue weighted by Crippen LogP contribution is 2.17. The van der Waals surface area contributed by atoms with Crippen molar-refractivity contribution >= 4 is 16.8 Å². The van der Waals surface area contributed by atoms with Crippen LogP contribution in [-0.4, -0.2) is 27.3 Å². The number of carbonyl (C=O) groups excluding carboxylic acids is 1. The van der Waals surface area contributed by atoms with Gasteiger partial charge in [-0.1, -0.05) is 18.2 Å². The van der Waals surface area contributed by atoms with Crippen LogP contribution in [-0.2, 0) is 6.54 Å². The molecule has 0 saturated heterocycles. The summed E-state index contributed by atoms with van der Waals surface area (Å²) in [7, 11) is 0. The van der Waals surface area contributed by atoms with E-state index >= 15 is 0 Å². The first-order valence-corrected chi connectivity index (χ1v) is 7.49.